The van der Waals surface area contributed by atoms with Crippen LogP contribution in [0, 0.1) is 25.2 Å². The minimum absolute atomic E-state index is 0.0266. The fraction of sp³-hybridized carbons (Fsp3) is 0.0635. The molecule has 12 aromatic rings. The quantitative estimate of drug-likeness (QED) is 0.150. The highest BCUT2D eigenvalue weighted by Gasteiger charge is 2.34. The van der Waals surface area contributed by atoms with E-state index in [0.717, 1.165) is 61.9 Å². The average Bonchev–Trinajstić information content (AvgIpc) is 3.93. The second-order valence-corrected chi connectivity index (χ2v) is 18.4. The smallest absolute Gasteiger partial charge is 0.308 e. The Bertz CT molecular complexity index is 4200. The first kappa shape index (κ1) is 45.8. The number of hydrogen-bond acceptors (Lipinski definition) is 3. The van der Waals surface area contributed by atoms with Gasteiger partial charge in [0.1, 0.15) is 6.07 Å². The van der Waals surface area contributed by atoms with E-state index in [0.29, 0.717) is 73.0 Å². The largest absolute Gasteiger partial charge is 0.417 e. The molecule has 0 aliphatic heterocycles. The lowest BCUT2D eigenvalue weighted by molar-refractivity contribution is -0.138. The van der Waals surface area contributed by atoms with Gasteiger partial charge in [-0.2, -0.15) is 31.6 Å². The van der Waals surface area contributed by atoms with Gasteiger partial charge in [0.15, 0.2) is 5.82 Å². The monoisotopic (exact) mass is 979 g/mol. The molecule has 0 aliphatic carbocycles. The summed E-state index contributed by atoms with van der Waals surface area (Å²) in [6.45, 7) is 3.29. The fourth-order valence-electron chi connectivity index (χ4n) is 10.4. The van der Waals surface area contributed by atoms with Gasteiger partial charge in [-0.15, -0.1) is 0 Å². The molecule has 0 saturated carbocycles. The fourth-order valence-corrected chi connectivity index (χ4v) is 10.4. The normalized spacial score (nSPS) is 12.0. The number of aromatic nitrogens is 4. The number of nitriles is 1. The summed E-state index contributed by atoms with van der Waals surface area (Å²) in [6, 6.07) is 62.3. The molecule has 0 bridgehead atoms. The number of nitrogens with zero attached hydrogens (tertiary/aromatic N) is 5. The molecule has 11 heteroatoms. The molecule has 0 fully saturated rings. The first-order valence-electron chi connectivity index (χ1n) is 23.8. The van der Waals surface area contributed by atoms with Crippen molar-refractivity contribution in [2.75, 3.05) is 0 Å². The van der Waals surface area contributed by atoms with E-state index in [-0.39, 0.29) is 11.1 Å². The third-order valence-corrected chi connectivity index (χ3v) is 13.8. The van der Waals surface area contributed by atoms with Crippen molar-refractivity contribution in [1.82, 2.24) is 19.1 Å². The average molecular weight is 980 g/mol. The van der Waals surface area contributed by atoms with Gasteiger partial charge in [0.05, 0.1) is 61.5 Å². The maximum absolute atomic E-state index is 14.8. The molecular weight excluding hydrogens is 941 g/mol. The van der Waals surface area contributed by atoms with Gasteiger partial charge in [-0.05, 0) is 102 Å². The Labute approximate surface area is 420 Å². The summed E-state index contributed by atoms with van der Waals surface area (Å²) in [7, 11) is 0. The summed E-state index contributed by atoms with van der Waals surface area (Å²) in [5, 5.41) is 14.8. The Hall–Kier alpha value is -9.27. The van der Waals surface area contributed by atoms with Gasteiger partial charge in [-0.25, -0.2) is 9.97 Å². The van der Waals surface area contributed by atoms with Crippen LogP contribution >= 0.6 is 0 Å². The van der Waals surface area contributed by atoms with Gasteiger partial charge in [-0.3, -0.25) is 0 Å². The first-order valence-corrected chi connectivity index (χ1v) is 23.8. The Balaban J connectivity index is 1.19. The van der Waals surface area contributed by atoms with Crippen LogP contribution in [0.2, 0.25) is 0 Å². The molecule has 0 amide bonds. The molecule has 0 atom stereocenters. The predicted molar refractivity (Wildman–Crippen MR) is 282 cm³/mol. The second kappa shape index (κ2) is 17.5. The molecule has 0 aliphatic rings. The lowest BCUT2D eigenvalue weighted by Crippen LogP contribution is -2.08. The van der Waals surface area contributed by atoms with Crippen LogP contribution in [0.4, 0.5) is 26.3 Å². The van der Waals surface area contributed by atoms with E-state index in [2.05, 4.69) is 6.07 Å². The molecule has 74 heavy (non-hydrogen) atoms. The zero-order chi connectivity index (χ0) is 51.0. The molecule has 3 aromatic heterocycles. The number of fused-ring (bicyclic) bond motifs is 6. The predicted octanol–water partition coefficient (Wildman–Crippen LogP) is 17.5. The van der Waals surface area contributed by atoms with E-state index >= 15 is 0 Å². The Morgan fingerprint density at radius 3 is 1.47 bits per heavy atom. The van der Waals surface area contributed by atoms with Gasteiger partial charge in [0.2, 0.25) is 0 Å². The topological polar surface area (TPSA) is 59.4 Å². The van der Waals surface area contributed by atoms with E-state index in [1.807, 2.05) is 155 Å². The van der Waals surface area contributed by atoms with Gasteiger partial charge >= 0.3 is 12.4 Å². The summed E-state index contributed by atoms with van der Waals surface area (Å²) in [4.78, 5) is 10.6. The summed E-state index contributed by atoms with van der Waals surface area (Å²) >= 11 is 0. The molecule has 3 heterocycles. The number of para-hydroxylation sites is 2. The van der Waals surface area contributed by atoms with Crippen molar-refractivity contribution in [3.05, 3.63) is 228 Å². The van der Waals surface area contributed by atoms with E-state index in [4.69, 9.17) is 9.97 Å². The van der Waals surface area contributed by atoms with E-state index < -0.39 is 23.5 Å². The highest BCUT2D eigenvalue weighted by molar-refractivity contribution is 6.12. The van der Waals surface area contributed by atoms with Gasteiger partial charge in [-0.1, -0.05) is 145 Å². The molecular formula is C63H39F6N5. The maximum Gasteiger partial charge on any atom is 0.417 e. The van der Waals surface area contributed by atoms with Gasteiger partial charge in [0.25, 0.3) is 0 Å². The third kappa shape index (κ3) is 7.83. The van der Waals surface area contributed by atoms with Crippen molar-refractivity contribution in [2.24, 2.45) is 0 Å². The summed E-state index contributed by atoms with van der Waals surface area (Å²) in [6.07, 6.45) is -9.14. The summed E-state index contributed by atoms with van der Waals surface area (Å²) < 4.78 is 90.0. The first-order chi connectivity index (χ1) is 35.7. The summed E-state index contributed by atoms with van der Waals surface area (Å²) in [5.74, 6) is 0.313. The SMILES string of the molecule is Cc1ccc(-c2ccc3c4ccccc4n(-c4cc(C#N)c(-n5c6ccccc6c6ccc(-c7ccc(C(F)(F)F)cc7C)cc65)cc4-c4nc(-c5ccccc5)cc(-c5ccccc5)n4)c3c2)c(C(F)(F)F)c1. The molecule has 0 N–H and O–H groups in total. The van der Waals surface area contributed by atoms with Crippen LogP contribution in [0.1, 0.15) is 27.8 Å². The van der Waals surface area contributed by atoms with Crippen molar-refractivity contribution < 1.29 is 26.3 Å². The van der Waals surface area contributed by atoms with Crippen LogP contribution < -0.4 is 0 Å². The Morgan fingerprint density at radius 2 is 0.932 bits per heavy atom. The number of hydrogen-bond donors (Lipinski definition) is 0. The number of benzene rings is 9. The lowest BCUT2D eigenvalue weighted by atomic mass is 9.96. The molecule has 12 rings (SSSR count). The molecule has 9 aromatic carbocycles. The minimum Gasteiger partial charge on any atom is -0.308 e. The molecule has 0 saturated heterocycles. The van der Waals surface area contributed by atoms with Crippen LogP contribution in [0.5, 0.6) is 0 Å². The highest BCUT2D eigenvalue weighted by atomic mass is 19.4. The Kier molecular flexibility index (Phi) is 10.8. The second-order valence-electron chi connectivity index (χ2n) is 18.4. The Morgan fingerprint density at radius 1 is 0.419 bits per heavy atom. The van der Waals surface area contributed by atoms with Crippen molar-refractivity contribution in [3.63, 3.8) is 0 Å². The van der Waals surface area contributed by atoms with Crippen molar-refractivity contribution >= 4 is 43.6 Å². The number of halogens is 6. The lowest BCUT2D eigenvalue weighted by Gasteiger charge is -2.19. The molecule has 0 unspecified atom stereocenters. The van der Waals surface area contributed by atoms with E-state index in [1.165, 1.54) is 12.1 Å². The molecule has 0 spiro atoms. The van der Waals surface area contributed by atoms with Crippen LogP contribution in [-0.2, 0) is 12.4 Å². The standard InChI is InChI=1S/C63H39F6N5/c1-37-21-25-46(52(29-37)63(67,68)69)42-23-27-50-48-18-10-12-20-56(48)74(59(50)32-42)60-33-43(36-70)57(34-51(60)61-71-53(39-13-5-3-6-14-39)35-54(72-61)40-15-7-4-8-16-40)73-55-19-11-9-17-47(55)49-26-22-41(31-58(49)73)45-28-24-44(30-38(45)2)62(64,65)66/h3-35H,1-2H3. The molecule has 358 valence electrons. The van der Waals surface area contributed by atoms with Crippen LogP contribution in [0.15, 0.2) is 200 Å². The van der Waals surface area contributed by atoms with Crippen LogP contribution in [-0.4, -0.2) is 19.1 Å². The number of alkyl halides is 6. The van der Waals surface area contributed by atoms with Crippen molar-refractivity contribution in [1.29, 1.82) is 5.26 Å². The number of rotatable bonds is 7. The van der Waals surface area contributed by atoms with Gasteiger partial charge < -0.3 is 9.13 Å². The maximum atomic E-state index is 14.8. The molecule has 5 nitrogen and oxygen atoms in total. The number of aryl methyl sites for hydroxylation is 2. The van der Waals surface area contributed by atoms with Gasteiger partial charge in [0, 0.05) is 38.2 Å². The van der Waals surface area contributed by atoms with E-state index in [9.17, 15) is 31.6 Å². The zero-order valence-electron chi connectivity index (χ0n) is 39.6. The van der Waals surface area contributed by atoms with Crippen LogP contribution in [0.25, 0.3) is 111 Å². The van der Waals surface area contributed by atoms with Crippen molar-refractivity contribution in [3.8, 4) is 73.6 Å². The van der Waals surface area contributed by atoms with Crippen LogP contribution in [0.3, 0.4) is 0 Å². The van der Waals surface area contributed by atoms with Crippen molar-refractivity contribution in [2.45, 2.75) is 26.2 Å². The third-order valence-electron chi connectivity index (χ3n) is 13.8. The molecule has 0 radical (unpaired) electrons. The summed E-state index contributed by atoms with van der Waals surface area (Å²) in [5.41, 5.74) is 8.55. The zero-order valence-corrected chi connectivity index (χ0v) is 39.6. The van der Waals surface area contributed by atoms with E-state index in [1.54, 1.807) is 38.1 Å². The highest BCUT2D eigenvalue weighted by Crippen LogP contribution is 2.45. The minimum atomic E-state index is -4.63.